The lowest BCUT2D eigenvalue weighted by atomic mass is 10.0. The second kappa shape index (κ2) is 5.08. The van der Waals surface area contributed by atoms with Gasteiger partial charge < -0.3 is 0 Å². The zero-order valence-electron chi connectivity index (χ0n) is 9.37. The van der Waals surface area contributed by atoms with E-state index in [0.717, 1.165) is 0 Å². The van der Waals surface area contributed by atoms with Crippen LogP contribution in [-0.4, -0.2) is 10.8 Å². The average Bonchev–Trinajstić information content (AvgIpc) is 2.80. The SMILES string of the molecule is O=C(Cc1nccs1)c1cc(C(F)(F)F)ccc1F. The quantitative estimate of drug-likeness (QED) is 0.636. The Morgan fingerprint density at radius 3 is 2.63 bits per heavy atom. The third-order valence-corrected chi connectivity index (χ3v) is 3.17. The van der Waals surface area contributed by atoms with Crippen molar-refractivity contribution in [3.8, 4) is 0 Å². The van der Waals surface area contributed by atoms with Gasteiger partial charge >= 0.3 is 6.18 Å². The van der Waals surface area contributed by atoms with E-state index in [2.05, 4.69) is 4.98 Å². The minimum atomic E-state index is -4.61. The standard InChI is InChI=1S/C12H7F4NOS/c13-9-2-1-7(12(14,15)16)5-8(9)10(18)6-11-17-3-4-19-11/h1-5H,6H2. The van der Waals surface area contributed by atoms with Crippen LogP contribution in [0, 0.1) is 5.82 Å². The van der Waals surface area contributed by atoms with Crippen LogP contribution in [-0.2, 0) is 12.6 Å². The van der Waals surface area contributed by atoms with E-state index in [0.29, 0.717) is 23.2 Å². The topological polar surface area (TPSA) is 30.0 Å². The molecule has 0 N–H and O–H groups in total. The van der Waals surface area contributed by atoms with Crippen molar-refractivity contribution in [1.29, 1.82) is 0 Å². The van der Waals surface area contributed by atoms with Gasteiger partial charge in [0.25, 0.3) is 0 Å². The molecule has 0 saturated heterocycles. The Morgan fingerprint density at radius 1 is 1.32 bits per heavy atom. The van der Waals surface area contributed by atoms with Gasteiger partial charge in [-0.1, -0.05) is 0 Å². The summed E-state index contributed by atoms with van der Waals surface area (Å²) in [4.78, 5) is 15.6. The third-order valence-electron chi connectivity index (χ3n) is 2.39. The number of carbonyl (C=O) groups is 1. The van der Waals surface area contributed by atoms with Crippen molar-refractivity contribution in [2.24, 2.45) is 0 Å². The first kappa shape index (κ1) is 13.7. The van der Waals surface area contributed by atoms with Crippen molar-refractivity contribution >= 4 is 17.1 Å². The van der Waals surface area contributed by atoms with Gasteiger partial charge in [-0.15, -0.1) is 11.3 Å². The maximum Gasteiger partial charge on any atom is 0.416 e. The van der Waals surface area contributed by atoms with E-state index in [4.69, 9.17) is 0 Å². The van der Waals surface area contributed by atoms with Gasteiger partial charge in [0.15, 0.2) is 5.78 Å². The molecule has 2 rings (SSSR count). The molecule has 0 amide bonds. The van der Waals surface area contributed by atoms with E-state index < -0.39 is 28.9 Å². The monoisotopic (exact) mass is 289 g/mol. The number of benzene rings is 1. The minimum absolute atomic E-state index is 0.212. The summed E-state index contributed by atoms with van der Waals surface area (Å²) in [5.41, 5.74) is -1.61. The van der Waals surface area contributed by atoms with Crippen LogP contribution >= 0.6 is 11.3 Å². The van der Waals surface area contributed by atoms with Crippen LogP contribution in [0.15, 0.2) is 29.8 Å². The van der Waals surface area contributed by atoms with Crippen LogP contribution in [0.3, 0.4) is 0 Å². The molecule has 0 saturated carbocycles. The fourth-order valence-corrected chi connectivity index (χ4v) is 2.10. The fourth-order valence-electron chi connectivity index (χ4n) is 1.49. The number of hydrogen-bond acceptors (Lipinski definition) is 3. The predicted octanol–water partition coefficient (Wildman–Crippen LogP) is 3.73. The summed E-state index contributed by atoms with van der Waals surface area (Å²) in [6.07, 6.45) is -3.35. The van der Waals surface area contributed by atoms with Gasteiger partial charge in [0, 0.05) is 11.6 Å². The Balaban J connectivity index is 2.31. The molecular formula is C12H7F4NOS. The molecule has 2 aromatic rings. The number of hydrogen-bond donors (Lipinski definition) is 0. The number of nitrogens with zero attached hydrogens (tertiary/aromatic N) is 1. The van der Waals surface area contributed by atoms with Crippen LogP contribution in [0.2, 0.25) is 0 Å². The molecule has 1 heterocycles. The van der Waals surface area contributed by atoms with Gasteiger partial charge in [-0.05, 0) is 18.2 Å². The van der Waals surface area contributed by atoms with Gasteiger partial charge in [0.1, 0.15) is 10.8 Å². The third kappa shape index (κ3) is 3.17. The first-order valence-corrected chi connectivity index (χ1v) is 6.04. The number of halogens is 4. The van der Waals surface area contributed by atoms with Crippen molar-refractivity contribution in [2.45, 2.75) is 12.6 Å². The first-order chi connectivity index (χ1) is 8.88. The lowest BCUT2D eigenvalue weighted by molar-refractivity contribution is -0.137. The Morgan fingerprint density at radius 2 is 2.05 bits per heavy atom. The average molecular weight is 289 g/mol. The van der Waals surface area contributed by atoms with Crippen molar-refractivity contribution in [2.75, 3.05) is 0 Å². The van der Waals surface area contributed by atoms with E-state index in [1.54, 1.807) is 5.38 Å². The van der Waals surface area contributed by atoms with Crippen LogP contribution in [0.25, 0.3) is 0 Å². The molecule has 0 bridgehead atoms. The van der Waals surface area contributed by atoms with Crippen molar-refractivity contribution < 1.29 is 22.4 Å². The lowest BCUT2D eigenvalue weighted by Gasteiger charge is -2.08. The zero-order valence-corrected chi connectivity index (χ0v) is 10.2. The molecule has 1 aromatic heterocycles. The highest BCUT2D eigenvalue weighted by molar-refractivity contribution is 7.09. The van der Waals surface area contributed by atoms with Crippen LogP contribution in [0.1, 0.15) is 20.9 Å². The summed E-state index contributed by atoms with van der Waals surface area (Å²) < 4.78 is 50.9. The number of thiazole rings is 1. The van der Waals surface area contributed by atoms with Crippen LogP contribution in [0.4, 0.5) is 17.6 Å². The smallest absolute Gasteiger partial charge is 0.294 e. The maximum atomic E-state index is 13.4. The van der Waals surface area contributed by atoms with E-state index >= 15 is 0 Å². The maximum absolute atomic E-state index is 13.4. The molecule has 100 valence electrons. The summed E-state index contributed by atoms with van der Waals surface area (Å²) in [7, 11) is 0. The van der Waals surface area contributed by atoms with Crippen molar-refractivity contribution in [3.63, 3.8) is 0 Å². The lowest BCUT2D eigenvalue weighted by Crippen LogP contribution is -2.11. The molecule has 2 nitrogen and oxygen atoms in total. The van der Waals surface area contributed by atoms with Crippen molar-refractivity contribution in [1.82, 2.24) is 4.98 Å². The van der Waals surface area contributed by atoms with Crippen molar-refractivity contribution in [3.05, 3.63) is 51.7 Å². The minimum Gasteiger partial charge on any atom is -0.294 e. The second-order valence-electron chi connectivity index (χ2n) is 3.72. The molecule has 0 aliphatic carbocycles. The number of alkyl halides is 3. The number of aromatic nitrogens is 1. The Labute approximate surface area is 109 Å². The van der Waals surface area contributed by atoms with E-state index in [1.165, 1.54) is 17.5 Å². The number of ketones is 1. The summed E-state index contributed by atoms with van der Waals surface area (Å²) in [6, 6.07) is 1.79. The molecule has 1 aromatic carbocycles. The summed E-state index contributed by atoms with van der Waals surface area (Å²) in [6.45, 7) is 0. The molecule has 19 heavy (non-hydrogen) atoms. The first-order valence-electron chi connectivity index (χ1n) is 5.16. The van der Waals surface area contributed by atoms with E-state index in [1.807, 2.05) is 0 Å². The summed E-state index contributed by atoms with van der Waals surface area (Å²) >= 11 is 1.18. The molecule has 0 spiro atoms. The molecule has 0 aliphatic rings. The van der Waals surface area contributed by atoms with E-state index in [-0.39, 0.29) is 6.42 Å². The predicted molar refractivity (Wildman–Crippen MR) is 61.6 cm³/mol. The van der Waals surface area contributed by atoms with Gasteiger partial charge in [-0.3, -0.25) is 4.79 Å². The molecule has 0 aliphatic heterocycles. The fraction of sp³-hybridized carbons (Fsp3) is 0.167. The van der Waals surface area contributed by atoms with Gasteiger partial charge in [0.05, 0.1) is 17.5 Å². The van der Waals surface area contributed by atoms with Crippen LogP contribution < -0.4 is 0 Å². The molecule has 0 atom stereocenters. The van der Waals surface area contributed by atoms with E-state index in [9.17, 15) is 22.4 Å². The highest BCUT2D eigenvalue weighted by Gasteiger charge is 2.31. The molecule has 7 heteroatoms. The molecular weight excluding hydrogens is 282 g/mol. The van der Waals surface area contributed by atoms with Gasteiger partial charge in [0.2, 0.25) is 0 Å². The highest BCUT2D eigenvalue weighted by atomic mass is 32.1. The Hall–Kier alpha value is -1.76. The summed E-state index contributed by atoms with van der Waals surface area (Å²) in [5, 5.41) is 2.06. The number of rotatable bonds is 3. The normalized spacial score (nSPS) is 11.6. The number of carbonyl (C=O) groups excluding carboxylic acids is 1. The highest BCUT2D eigenvalue weighted by Crippen LogP contribution is 2.30. The zero-order chi connectivity index (χ0) is 14.0. The molecule has 0 radical (unpaired) electrons. The number of Topliss-reactive ketones (excluding diaryl/α,β-unsaturated/α-hetero) is 1. The van der Waals surface area contributed by atoms with Crippen LogP contribution in [0.5, 0.6) is 0 Å². The Bertz CT molecular complexity index is 592. The largest absolute Gasteiger partial charge is 0.416 e. The molecule has 0 fully saturated rings. The molecule has 0 unspecified atom stereocenters. The van der Waals surface area contributed by atoms with Gasteiger partial charge in [-0.2, -0.15) is 13.2 Å². The Kier molecular flexibility index (Phi) is 3.66. The summed E-state index contributed by atoms with van der Waals surface area (Å²) in [5.74, 6) is -1.69. The van der Waals surface area contributed by atoms with Gasteiger partial charge in [-0.25, -0.2) is 9.37 Å². The second-order valence-corrected chi connectivity index (χ2v) is 4.70.